The lowest BCUT2D eigenvalue weighted by Crippen LogP contribution is -2.14. The van der Waals surface area contributed by atoms with E-state index in [0.29, 0.717) is 11.4 Å². The largest absolute Gasteiger partial charge is 0.326 e. The molecule has 18 heavy (non-hydrogen) atoms. The summed E-state index contributed by atoms with van der Waals surface area (Å²) in [5.41, 5.74) is 2.71. The SMILES string of the molecule is CCCc1ccc(Cc2ccccc2Cl)c(=O)[nH]1. The highest BCUT2D eigenvalue weighted by Crippen LogP contribution is 2.17. The number of hydrogen-bond acceptors (Lipinski definition) is 1. The van der Waals surface area contributed by atoms with E-state index in [0.717, 1.165) is 29.7 Å². The average Bonchev–Trinajstić information content (AvgIpc) is 2.35. The van der Waals surface area contributed by atoms with Gasteiger partial charge in [-0.25, -0.2) is 0 Å². The Morgan fingerprint density at radius 2 is 1.89 bits per heavy atom. The number of benzene rings is 1. The molecule has 0 spiro atoms. The third-order valence-electron chi connectivity index (χ3n) is 2.91. The van der Waals surface area contributed by atoms with Gasteiger partial charge in [0.2, 0.25) is 0 Å². The number of aromatic nitrogens is 1. The Labute approximate surface area is 112 Å². The van der Waals surface area contributed by atoms with Crippen LogP contribution >= 0.6 is 11.6 Å². The maximum atomic E-state index is 11.9. The summed E-state index contributed by atoms with van der Waals surface area (Å²) in [6.07, 6.45) is 2.50. The summed E-state index contributed by atoms with van der Waals surface area (Å²) >= 11 is 6.10. The van der Waals surface area contributed by atoms with E-state index < -0.39 is 0 Å². The van der Waals surface area contributed by atoms with Gasteiger partial charge in [0.1, 0.15) is 0 Å². The van der Waals surface area contributed by atoms with Crippen molar-refractivity contribution >= 4 is 11.6 Å². The summed E-state index contributed by atoms with van der Waals surface area (Å²) in [5, 5.41) is 0.703. The number of aromatic amines is 1. The number of nitrogens with one attached hydrogen (secondary N) is 1. The van der Waals surface area contributed by atoms with Crippen LogP contribution in [0.1, 0.15) is 30.2 Å². The summed E-state index contributed by atoms with van der Waals surface area (Å²) in [6, 6.07) is 11.5. The lowest BCUT2D eigenvalue weighted by molar-refractivity contribution is 0.868. The molecule has 2 rings (SSSR count). The number of aryl methyl sites for hydroxylation is 1. The molecule has 0 unspecified atom stereocenters. The Morgan fingerprint density at radius 3 is 2.56 bits per heavy atom. The van der Waals surface area contributed by atoms with Crippen LogP contribution in [0.3, 0.4) is 0 Å². The topological polar surface area (TPSA) is 32.9 Å². The molecule has 0 atom stereocenters. The second-order valence-corrected chi connectivity index (χ2v) is 4.76. The van der Waals surface area contributed by atoms with E-state index >= 15 is 0 Å². The van der Waals surface area contributed by atoms with E-state index in [2.05, 4.69) is 11.9 Å². The van der Waals surface area contributed by atoms with Crippen molar-refractivity contribution in [2.45, 2.75) is 26.2 Å². The van der Waals surface area contributed by atoms with Crippen molar-refractivity contribution < 1.29 is 0 Å². The van der Waals surface area contributed by atoms with Gasteiger partial charge in [0, 0.05) is 22.7 Å². The number of halogens is 1. The second kappa shape index (κ2) is 5.87. The predicted molar refractivity (Wildman–Crippen MR) is 75.3 cm³/mol. The van der Waals surface area contributed by atoms with Gasteiger partial charge < -0.3 is 4.98 Å². The third kappa shape index (κ3) is 3.02. The van der Waals surface area contributed by atoms with Crippen molar-refractivity contribution in [2.75, 3.05) is 0 Å². The number of rotatable bonds is 4. The molecule has 1 aromatic heterocycles. The van der Waals surface area contributed by atoms with Crippen LogP contribution in [0.4, 0.5) is 0 Å². The summed E-state index contributed by atoms with van der Waals surface area (Å²) < 4.78 is 0. The van der Waals surface area contributed by atoms with Gasteiger partial charge in [0.25, 0.3) is 5.56 Å². The Kier molecular flexibility index (Phi) is 4.21. The fraction of sp³-hybridized carbons (Fsp3) is 0.267. The van der Waals surface area contributed by atoms with Crippen LogP contribution in [-0.4, -0.2) is 4.98 Å². The fourth-order valence-corrected chi connectivity index (χ4v) is 2.15. The van der Waals surface area contributed by atoms with Gasteiger partial charge in [0.15, 0.2) is 0 Å². The summed E-state index contributed by atoms with van der Waals surface area (Å²) in [5.74, 6) is 0. The Bertz CT molecular complexity index is 589. The molecule has 0 saturated carbocycles. The molecule has 3 heteroatoms. The molecule has 1 N–H and O–H groups in total. The molecular formula is C15H16ClNO. The van der Waals surface area contributed by atoms with E-state index in [1.54, 1.807) is 0 Å². The molecule has 0 aliphatic carbocycles. The van der Waals surface area contributed by atoms with Crippen LogP contribution in [-0.2, 0) is 12.8 Å². The molecule has 0 amide bonds. The standard InChI is InChI=1S/C15H16ClNO/c1-2-5-13-9-8-12(15(18)17-13)10-11-6-3-4-7-14(11)16/h3-4,6-9H,2,5,10H2,1H3,(H,17,18). The first kappa shape index (κ1) is 12.9. The molecule has 0 aliphatic rings. The highest BCUT2D eigenvalue weighted by Gasteiger charge is 2.05. The van der Waals surface area contributed by atoms with E-state index in [1.165, 1.54) is 0 Å². The quantitative estimate of drug-likeness (QED) is 0.897. The van der Waals surface area contributed by atoms with Crippen molar-refractivity contribution in [3.05, 3.63) is 68.6 Å². The molecule has 0 radical (unpaired) electrons. The van der Waals surface area contributed by atoms with Gasteiger partial charge in [-0.15, -0.1) is 0 Å². The van der Waals surface area contributed by atoms with Crippen LogP contribution in [0.5, 0.6) is 0 Å². The van der Waals surface area contributed by atoms with E-state index in [4.69, 9.17) is 11.6 Å². The zero-order valence-electron chi connectivity index (χ0n) is 10.4. The molecule has 2 aromatic rings. The van der Waals surface area contributed by atoms with Gasteiger partial charge in [-0.05, 0) is 24.1 Å². The first-order valence-electron chi connectivity index (χ1n) is 6.15. The molecular weight excluding hydrogens is 246 g/mol. The number of H-pyrrole nitrogens is 1. The zero-order valence-corrected chi connectivity index (χ0v) is 11.1. The van der Waals surface area contributed by atoms with Crippen molar-refractivity contribution in [3.63, 3.8) is 0 Å². The molecule has 2 nitrogen and oxygen atoms in total. The smallest absolute Gasteiger partial charge is 0.251 e. The predicted octanol–water partition coefficient (Wildman–Crippen LogP) is 3.57. The maximum Gasteiger partial charge on any atom is 0.251 e. The van der Waals surface area contributed by atoms with Gasteiger partial charge in [-0.3, -0.25) is 4.79 Å². The first-order valence-corrected chi connectivity index (χ1v) is 6.53. The second-order valence-electron chi connectivity index (χ2n) is 4.36. The zero-order chi connectivity index (χ0) is 13.0. The van der Waals surface area contributed by atoms with Crippen molar-refractivity contribution in [1.82, 2.24) is 4.98 Å². The van der Waals surface area contributed by atoms with Crippen LogP contribution < -0.4 is 5.56 Å². The minimum absolute atomic E-state index is 0.0131. The summed E-state index contributed by atoms with van der Waals surface area (Å²) in [4.78, 5) is 14.8. The molecule has 0 fully saturated rings. The van der Waals surface area contributed by atoms with Crippen molar-refractivity contribution in [3.8, 4) is 0 Å². The minimum atomic E-state index is -0.0131. The molecule has 0 saturated heterocycles. The maximum absolute atomic E-state index is 11.9. The van der Waals surface area contributed by atoms with E-state index in [-0.39, 0.29) is 5.56 Å². The Balaban J connectivity index is 2.25. The fourth-order valence-electron chi connectivity index (χ4n) is 1.95. The Hall–Kier alpha value is -1.54. The van der Waals surface area contributed by atoms with E-state index in [9.17, 15) is 4.79 Å². The first-order chi connectivity index (χ1) is 8.70. The average molecular weight is 262 g/mol. The molecule has 94 valence electrons. The summed E-state index contributed by atoms with van der Waals surface area (Å²) in [6.45, 7) is 2.09. The molecule has 0 aliphatic heterocycles. The highest BCUT2D eigenvalue weighted by atomic mass is 35.5. The van der Waals surface area contributed by atoms with Gasteiger partial charge in [0.05, 0.1) is 0 Å². The molecule has 1 heterocycles. The Morgan fingerprint density at radius 1 is 1.11 bits per heavy atom. The van der Waals surface area contributed by atoms with E-state index in [1.807, 2.05) is 36.4 Å². The van der Waals surface area contributed by atoms with Crippen LogP contribution in [0.2, 0.25) is 5.02 Å². The third-order valence-corrected chi connectivity index (χ3v) is 3.28. The van der Waals surface area contributed by atoms with Crippen molar-refractivity contribution in [2.24, 2.45) is 0 Å². The van der Waals surface area contributed by atoms with Crippen molar-refractivity contribution in [1.29, 1.82) is 0 Å². The number of hydrogen-bond donors (Lipinski definition) is 1. The summed E-state index contributed by atoms with van der Waals surface area (Å²) in [7, 11) is 0. The molecule has 0 bridgehead atoms. The van der Waals surface area contributed by atoms with Crippen LogP contribution in [0.15, 0.2) is 41.2 Å². The van der Waals surface area contributed by atoms with Crippen LogP contribution in [0.25, 0.3) is 0 Å². The lowest BCUT2D eigenvalue weighted by Gasteiger charge is -2.05. The lowest BCUT2D eigenvalue weighted by atomic mass is 10.1. The van der Waals surface area contributed by atoms with Crippen LogP contribution in [0, 0.1) is 0 Å². The minimum Gasteiger partial charge on any atom is -0.326 e. The van der Waals surface area contributed by atoms with Gasteiger partial charge in [-0.1, -0.05) is 49.2 Å². The van der Waals surface area contributed by atoms with Gasteiger partial charge in [-0.2, -0.15) is 0 Å². The monoisotopic (exact) mass is 261 g/mol. The van der Waals surface area contributed by atoms with Gasteiger partial charge >= 0.3 is 0 Å². The molecule has 1 aromatic carbocycles. The number of pyridine rings is 1. The highest BCUT2D eigenvalue weighted by molar-refractivity contribution is 6.31. The normalized spacial score (nSPS) is 10.6.